The fourth-order valence-corrected chi connectivity index (χ4v) is 1.98. The molecule has 13 heavy (non-hydrogen) atoms. The van der Waals surface area contributed by atoms with Crippen LogP contribution in [0.3, 0.4) is 0 Å². The molecule has 1 aliphatic rings. The van der Waals surface area contributed by atoms with Gasteiger partial charge >= 0.3 is 0 Å². The van der Waals surface area contributed by atoms with Gasteiger partial charge in [-0.2, -0.15) is 5.26 Å². The first kappa shape index (κ1) is 10.5. The molecule has 1 N–H and O–H groups in total. The van der Waals surface area contributed by atoms with Gasteiger partial charge < -0.3 is 5.11 Å². The fourth-order valence-electron chi connectivity index (χ4n) is 1.98. The van der Waals surface area contributed by atoms with Crippen molar-refractivity contribution in [2.45, 2.75) is 44.8 Å². The Morgan fingerprint density at radius 1 is 1.54 bits per heavy atom. The van der Waals surface area contributed by atoms with E-state index in [9.17, 15) is 5.11 Å². The van der Waals surface area contributed by atoms with E-state index in [1.165, 1.54) is 0 Å². The molecule has 1 atom stereocenters. The highest BCUT2D eigenvalue weighted by molar-refractivity contribution is 5.03. The maximum atomic E-state index is 9.87. The van der Waals surface area contributed by atoms with Gasteiger partial charge in [-0.1, -0.05) is 20.3 Å². The predicted molar refractivity (Wildman–Crippen MR) is 51.1 cm³/mol. The highest BCUT2D eigenvalue weighted by atomic mass is 16.3. The van der Waals surface area contributed by atoms with E-state index in [0.29, 0.717) is 13.1 Å². The Balaban J connectivity index is 2.36. The molecule has 1 unspecified atom stereocenters. The van der Waals surface area contributed by atoms with Crippen LogP contribution in [0.15, 0.2) is 0 Å². The fraction of sp³-hybridized carbons (Fsp3) is 0.900. The van der Waals surface area contributed by atoms with Crippen molar-refractivity contribution in [3.05, 3.63) is 0 Å². The van der Waals surface area contributed by atoms with Crippen molar-refractivity contribution in [2.75, 3.05) is 13.1 Å². The standard InChI is InChI=1S/C10H18N2O/c1-3-5-10(13)7-12(8-10)9(4-2)6-11/h9,13H,3-5,7-8H2,1-2H3. The molecule has 0 bridgehead atoms. The Bertz CT molecular complexity index is 203. The lowest BCUT2D eigenvalue weighted by Gasteiger charge is -2.48. The highest BCUT2D eigenvalue weighted by Gasteiger charge is 2.42. The van der Waals surface area contributed by atoms with Crippen molar-refractivity contribution in [1.82, 2.24) is 4.90 Å². The van der Waals surface area contributed by atoms with Crippen molar-refractivity contribution in [3.8, 4) is 6.07 Å². The lowest BCUT2D eigenvalue weighted by molar-refractivity contribution is -0.112. The second kappa shape index (κ2) is 4.08. The van der Waals surface area contributed by atoms with E-state index in [-0.39, 0.29) is 6.04 Å². The largest absolute Gasteiger partial charge is 0.387 e. The number of nitrogens with zero attached hydrogens (tertiary/aromatic N) is 2. The van der Waals surface area contributed by atoms with E-state index >= 15 is 0 Å². The van der Waals surface area contributed by atoms with Crippen LogP contribution >= 0.6 is 0 Å². The number of β-amino-alcohol motifs (C(OH)–C–C–N with tert-alkyl or cyclic N) is 1. The SMILES string of the molecule is CCCC1(O)CN(C(C#N)CC)C1. The van der Waals surface area contributed by atoms with Crippen LogP contribution in [-0.4, -0.2) is 34.7 Å². The quantitative estimate of drug-likeness (QED) is 0.709. The average molecular weight is 182 g/mol. The molecule has 0 amide bonds. The number of rotatable bonds is 4. The van der Waals surface area contributed by atoms with Crippen molar-refractivity contribution >= 4 is 0 Å². The summed E-state index contributed by atoms with van der Waals surface area (Å²) in [6, 6.07) is 2.25. The maximum Gasteiger partial charge on any atom is 0.0977 e. The molecule has 3 nitrogen and oxygen atoms in total. The molecule has 0 aromatic rings. The zero-order chi connectivity index (χ0) is 9.90. The number of hydrogen-bond donors (Lipinski definition) is 1. The second-order valence-electron chi connectivity index (χ2n) is 3.93. The summed E-state index contributed by atoms with van der Waals surface area (Å²) in [7, 11) is 0. The van der Waals surface area contributed by atoms with Crippen molar-refractivity contribution < 1.29 is 5.11 Å². The van der Waals surface area contributed by atoms with E-state index in [1.807, 2.05) is 6.92 Å². The van der Waals surface area contributed by atoms with Crippen LogP contribution in [0.1, 0.15) is 33.1 Å². The summed E-state index contributed by atoms with van der Waals surface area (Å²) in [5.74, 6) is 0. The molecule has 0 saturated carbocycles. The normalized spacial score (nSPS) is 23.2. The minimum Gasteiger partial charge on any atom is -0.387 e. The number of hydrogen-bond acceptors (Lipinski definition) is 3. The molecule has 0 aromatic carbocycles. The van der Waals surface area contributed by atoms with Gasteiger partial charge in [-0.05, 0) is 12.8 Å². The first-order valence-corrected chi connectivity index (χ1v) is 5.01. The van der Waals surface area contributed by atoms with E-state index in [1.54, 1.807) is 0 Å². The van der Waals surface area contributed by atoms with Gasteiger partial charge in [-0.25, -0.2) is 0 Å². The first-order chi connectivity index (χ1) is 6.15. The van der Waals surface area contributed by atoms with E-state index in [4.69, 9.17) is 5.26 Å². The second-order valence-corrected chi connectivity index (χ2v) is 3.93. The molecule has 1 heterocycles. The Morgan fingerprint density at radius 2 is 2.15 bits per heavy atom. The molecule has 0 radical (unpaired) electrons. The van der Waals surface area contributed by atoms with Gasteiger partial charge in [-0.3, -0.25) is 4.90 Å². The summed E-state index contributed by atoms with van der Waals surface area (Å²) >= 11 is 0. The van der Waals surface area contributed by atoms with Crippen molar-refractivity contribution in [3.63, 3.8) is 0 Å². The van der Waals surface area contributed by atoms with E-state index in [2.05, 4.69) is 17.9 Å². The van der Waals surface area contributed by atoms with Crippen LogP contribution in [0.5, 0.6) is 0 Å². The third-order valence-electron chi connectivity index (χ3n) is 2.69. The molecule has 3 heteroatoms. The molecule has 0 aromatic heterocycles. The minimum atomic E-state index is -0.501. The van der Waals surface area contributed by atoms with Crippen LogP contribution in [0, 0.1) is 11.3 Å². The van der Waals surface area contributed by atoms with Crippen LogP contribution in [-0.2, 0) is 0 Å². The summed E-state index contributed by atoms with van der Waals surface area (Å²) in [4.78, 5) is 2.05. The predicted octanol–water partition coefficient (Wildman–Crippen LogP) is 1.14. The molecule has 74 valence electrons. The molecule has 0 spiro atoms. The summed E-state index contributed by atoms with van der Waals surface area (Å²) in [5, 5.41) is 18.7. The highest BCUT2D eigenvalue weighted by Crippen LogP contribution is 2.28. The Hall–Kier alpha value is -0.590. The van der Waals surface area contributed by atoms with Crippen LogP contribution in [0.25, 0.3) is 0 Å². The van der Waals surface area contributed by atoms with Crippen molar-refractivity contribution in [1.29, 1.82) is 5.26 Å². The van der Waals surface area contributed by atoms with E-state index in [0.717, 1.165) is 19.3 Å². The van der Waals surface area contributed by atoms with Gasteiger partial charge in [0.25, 0.3) is 0 Å². The third kappa shape index (κ3) is 2.20. The Morgan fingerprint density at radius 3 is 2.54 bits per heavy atom. The van der Waals surface area contributed by atoms with Gasteiger partial charge in [-0.15, -0.1) is 0 Å². The smallest absolute Gasteiger partial charge is 0.0977 e. The first-order valence-electron chi connectivity index (χ1n) is 5.01. The summed E-state index contributed by atoms with van der Waals surface area (Å²) in [6.07, 6.45) is 2.71. The van der Waals surface area contributed by atoms with Gasteiger partial charge in [0.15, 0.2) is 0 Å². The zero-order valence-electron chi connectivity index (χ0n) is 8.45. The Labute approximate surface area is 80.0 Å². The maximum absolute atomic E-state index is 9.87. The monoisotopic (exact) mass is 182 g/mol. The minimum absolute atomic E-state index is 0.00266. The van der Waals surface area contributed by atoms with Gasteiger partial charge in [0.2, 0.25) is 0 Å². The molecular formula is C10H18N2O. The lowest BCUT2D eigenvalue weighted by Crippen LogP contribution is -2.64. The average Bonchev–Trinajstić information content (AvgIpc) is 2.04. The van der Waals surface area contributed by atoms with Gasteiger partial charge in [0, 0.05) is 13.1 Å². The topological polar surface area (TPSA) is 47.3 Å². The van der Waals surface area contributed by atoms with Crippen LogP contribution in [0.4, 0.5) is 0 Å². The molecule has 1 aliphatic heterocycles. The summed E-state index contributed by atoms with van der Waals surface area (Å²) < 4.78 is 0. The molecule has 1 rings (SSSR count). The Kier molecular flexibility index (Phi) is 3.29. The lowest BCUT2D eigenvalue weighted by atomic mass is 9.87. The van der Waals surface area contributed by atoms with E-state index < -0.39 is 5.60 Å². The summed E-state index contributed by atoms with van der Waals surface area (Å²) in [5.41, 5.74) is -0.501. The van der Waals surface area contributed by atoms with Gasteiger partial charge in [0.1, 0.15) is 0 Å². The third-order valence-corrected chi connectivity index (χ3v) is 2.69. The number of likely N-dealkylation sites (tertiary alicyclic amines) is 1. The van der Waals surface area contributed by atoms with Gasteiger partial charge in [0.05, 0.1) is 17.7 Å². The molecule has 1 fully saturated rings. The van der Waals surface area contributed by atoms with Crippen molar-refractivity contribution in [2.24, 2.45) is 0 Å². The van der Waals surface area contributed by atoms with Crippen LogP contribution in [0.2, 0.25) is 0 Å². The number of aliphatic hydroxyl groups is 1. The molecule has 0 aliphatic carbocycles. The summed E-state index contributed by atoms with van der Waals surface area (Å²) in [6.45, 7) is 5.42. The molecular weight excluding hydrogens is 164 g/mol. The van der Waals surface area contributed by atoms with Crippen LogP contribution < -0.4 is 0 Å². The number of nitriles is 1. The molecule has 1 saturated heterocycles. The zero-order valence-corrected chi connectivity index (χ0v) is 8.45.